The summed E-state index contributed by atoms with van der Waals surface area (Å²) < 4.78 is 14.9. The van der Waals surface area contributed by atoms with Gasteiger partial charge in [0.15, 0.2) is 0 Å². The van der Waals surface area contributed by atoms with Gasteiger partial charge in [0.05, 0.1) is 40.3 Å². The summed E-state index contributed by atoms with van der Waals surface area (Å²) in [6, 6.07) is 2.42. The number of rotatable bonds is 10. The summed E-state index contributed by atoms with van der Waals surface area (Å²) in [5.41, 5.74) is -1.62. The van der Waals surface area contributed by atoms with Crippen LogP contribution < -0.4 is 5.32 Å². The van der Waals surface area contributed by atoms with Crippen molar-refractivity contribution in [3.63, 3.8) is 0 Å². The Morgan fingerprint density at radius 2 is 1.61 bits per heavy atom. The number of nitro groups is 2. The number of esters is 2. The molecule has 0 spiro atoms. The number of thiophene rings is 1. The summed E-state index contributed by atoms with van der Waals surface area (Å²) in [5.74, 6) is -2.54. The molecular formula is C19H19N3O10S. The zero-order chi connectivity index (χ0) is 24.7. The first kappa shape index (κ1) is 25.4. The molecule has 1 heterocycles. The fourth-order valence-corrected chi connectivity index (χ4v) is 3.72. The largest absolute Gasteiger partial charge is 0.462 e. The van der Waals surface area contributed by atoms with Gasteiger partial charge in [-0.25, -0.2) is 9.59 Å². The minimum Gasteiger partial charge on any atom is -0.462 e. The Labute approximate surface area is 190 Å². The molecule has 1 aromatic carbocycles. The van der Waals surface area contributed by atoms with Crippen LogP contribution in [0.4, 0.5) is 16.4 Å². The lowest BCUT2D eigenvalue weighted by Crippen LogP contribution is -2.15. The van der Waals surface area contributed by atoms with E-state index in [9.17, 15) is 34.6 Å². The SMILES string of the molecule is CCOC(=O)c1c(NC(=O)c2cc([N+](=O)[O-])cc([N+](=O)[O-])c2)sc(C(=O)OCCOC)c1C. The van der Waals surface area contributed by atoms with Crippen LogP contribution in [0, 0.1) is 27.2 Å². The first-order valence-corrected chi connectivity index (χ1v) is 10.1. The van der Waals surface area contributed by atoms with Gasteiger partial charge in [0.2, 0.25) is 0 Å². The van der Waals surface area contributed by atoms with Crippen LogP contribution in [0.3, 0.4) is 0 Å². The molecule has 2 aromatic rings. The molecule has 1 amide bonds. The molecule has 0 unspecified atom stereocenters. The highest BCUT2D eigenvalue weighted by Gasteiger charge is 2.28. The lowest BCUT2D eigenvalue weighted by Gasteiger charge is -2.07. The van der Waals surface area contributed by atoms with Gasteiger partial charge in [-0.3, -0.25) is 25.0 Å². The highest BCUT2D eigenvalue weighted by molar-refractivity contribution is 7.18. The molecule has 0 radical (unpaired) electrons. The Morgan fingerprint density at radius 1 is 1.00 bits per heavy atom. The summed E-state index contributed by atoms with van der Waals surface area (Å²) in [6.07, 6.45) is 0. The van der Waals surface area contributed by atoms with E-state index in [4.69, 9.17) is 14.2 Å². The number of hydrogen-bond donors (Lipinski definition) is 1. The Morgan fingerprint density at radius 3 is 2.12 bits per heavy atom. The number of carbonyl (C=O) groups excluding carboxylic acids is 3. The smallest absolute Gasteiger partial charge is 0.348 e. The second-order valence-corrected chi connectivity index (χ2v) is 7.34. The van der Waals surface area contributed by atoms with Gasteiger partial charge in [-0.15, -0.1) is 11.3 Å². The summed E-state index contributed by atoms with van der Waals surface area (Å²) in [6.45, 7) is 3.16. The van der Waals surface area contributed by atoms with Gasteiger partial charge in [-0.2, -0.15) is 0 Å². The van der Waals surface area contributed by atoms with Crippen molar-refractivity contribution < 1.29 is 38.4 Å². The van der Waals surface area contributed by atoms with Crippen LogP contribution in [0.15, 0.2) is 18.2 Å². The molecule has 0 aliphatic carbocycles. The third kappa shape index (κ3) is 6.08. The first-order chi connectivity index (χ1) is 15.6. The number of nitrogens with zero attached hydrogens (tertiary/aromatic N) is 2. The van der Waals surface area contributed by atoms with Crippen molar-refractivity contribution in [2.75, 3.05) is 32.2 Å². The van der Waals surface area contributed by atoms with E-state index in [1.807, 2.05) is 0 Å². The molecule has 1 aromatic heterocycles. The van der Waals surface area contributed by atoms with Crippen LogP contribution in [0.25, 0.3) is 0 Å². The van der Waals surface area contributed by atoms with E-state index in [1.165, 1.54) is 14.0 Å². The fraction of sp³-hybridized carbons (Fsp3) is 0.316. The van der Waals surface area contributed by atoms with Crippen LogP contribution in [0.5, 0.6) is 0 Å². The zero-order valence-electron chi connectivity index (χ0n) is 17.7. The van der Waals surface area contributed by atoms with Crippen LogP contribution in [0.1, 0.15) is 42.9 Å². The normalized spacial score (nSPS) is 10.4. The molecular weight excluding hydrogens is 462 g/mol. The molecule has 14 heteroatoms. The number of non-ortho nitro benzene ring substituents is 2. The van der Waals surface area contributed by atoms with Crippen molar-refractivity contribution in [3.8, 4) is 0 Å². The van der Waals surface area contributed by atoms with Gasteiger partial charge >= 0.3 is 11.9 Å². The number of anilines is 1. The monoisotopic (exact) mass is 481 g/mol. The molecule has 0 saturated carbocycles. The van der Waals surface area contributed by atoms with E-state index < -0.39 is 39.1 Å². The van der Waals surface area contributed by atoms with Crippen LogP contribution in [-0.2, 0) is 14.2 Å². The molecule has 0 atom stereocenters. The average Bonchev–Trinajstić information content (AvgIpc) is 3.09. The number of methoxy groups -OCH3 is 1. The topological polar surface area (TPSA) is 177 Å². The van der Waals surface area contributed by atoms with Crippen molar-refractivity contribution in [3.05, 3.63) is 60.0 Å². The number of carbonyl (C=O) groups is 3. The quantitative estimate of drug-likeness (QED) is 0.229. The molecule has 0 saturated heterocycles. The predicted octanol–water partition coefficient (Wildman–Crippen LogP) is 3.11. The number of nitro benzene ring substituents is 2. The number of ether oxygens (including phenoxy) is 3. The van der Waals surface area contributed by atoms with E-state index in [1.54, 1.807) is 6.92 Å². The Bertz CT molecular complexity index is 1080. The van der Waals surface area contributed by atoms with E-state index in [0.717, 1.165) is 23.5 Å². The molecule has 0 aliphatic heterocycles. The molecule has 1 N–H and O–H groups in total. The average molecular weight is 481 g/mol. The zero-order valence-corrected chi connectivity index (χ0v) is 18.6. The van der Waals surface area contributed by atoms with E-state index in [0.29, 0.717) is 6.07 Å². The van der Waals surface area contributed by atoms with E-state index >= 15 is 0 Å². The van der Waals surface area contributed by atoms with E-state index in [2.05, 4.69) is 5.32 Å². The lowest BCUT2D eigenvalue weighted by molar-refractivity contribution is -0.394. The van der Waals surface area contributed by atoms with Gasteiger partial charge in [-0.1, -0.05) is 0 Å². The minimum atomic E-state index is -0.965. The first-order valence-electron chi connectivity index (χ1n) is 9.32. The maximum Gasteiger partial charge on any atom is 0.348 e. The lowest BCUT2D eigenvalue weighted by atomic mass is 10.1. The maximum atomic E-state index is 12.8. The van der Waals surface area contributed by atoms with Gasteiger partial charge in [0.25, 0.3) is 17.3 Å². The number of nitrogens with one attached hydrogen (secondary N) is 1. The van der Waals surface area contributed by atoms with Crippen LogP contribution in [-0.4, -0.2) is 54.6 Å². The van der Waals surface area contributed by atoms with Crippen molar-refractivity contribution in [1.29, 1.82) is 0 Å². The van der Waals surface area contributed by atoms with Gasteiger partial charge in [-0.05, 0) is 19.4 Å². The molecule has 0 fully saturated rings. The summed E-state index contributed by atoms with van der Waals surface area (Å²) in [5, 5.41) is 24.5. The van der Waals surface area contributed by atoms with Crippen LogP contribution in [0.2, 0.25) is 0 Å². The van der Waals surface area contributed by atoms with Gasteiger partial charge in [0.1, 0.15) is 16.5 Å². The maximum absolute atomic E-state index is 12.8. The predicted molar refractivity (Wildman–Crippen MR) is 115 cm³/mol. The van der Waals surface area contributed by atoms with Gasteiger partial charge < -0.3 is 19.5 Å². The number of hydrogen-bond acceptors (Lipinski definition) is 11. The summed E-state index contributed by atoms with van der Waals surface area (Å²) >= 11 is 0.735. The second-order valence-electron chi connectivity index (χ2n) is 6.32. The molecule has 0 bridgehead atoms. The summed E-state index contributed by atoms with van der Waals surface area (Å²) in [7, 11) is 1.43. The van der Waals surface area contributed by atoms with Crippen molar-refractivity contribution in [2.24, 2.45) is 0 Å². The Hall–Kier alpha value is -3.91. The number of benzene rings is 1. The highest BCUT2D eigenvalue weighted by Crippen LogP contribution is 2.35. The van der Waals surface area contributed by atoms with Crippen LogP contribution >= 0.6 is 11.3 Å². The Balaban J connectivity index is 2.47. The Kier molecular flexibility index (Phi) is 8.53. The highest BCUT2D eigenvalue weighted by atomic mass is 32.1. The molecule has 176 valence electrons. The molecule has 0 aliphatic rings. The molecule has 2 rings (SSSR count). The third-order valence-corrected chi connectivity index (χ3v) is 5.33. The second kappa shape index (κ2) is 11.1. The number of amides is 1. The fourth-order valence-electron chi connectivity index (χ4n) is 2.64. The standard InChI is InChI=1S/C19H19N3O10S/c1-4-31-18(24)14-10(2)15(19(25)32-6-5-30-3)33-17(14)20-16(23)11-7-12(21(26)27)9-13(8-11)22(28)29/h7-9H,4-6H2,1-3H3,(H,20,23). The minimum absolute atomic E-state index is 0.0200. The van der Waals surface area contributed by atoms with Gasteiger partial charge in [0, 0.05) is 19.2 Å². The van der Waals surface area contributed by atoms with Crippen molar-refractivity contribution in [2.45, 2.75) is 13.8 Å². The third-order valence-electron chi connectivity index (χ3n) is 4.15. The summed E-state index contributed by atoms with van der Waals surface area (Å²) in [4.78, 5) is 58.1. The molecule has 33 heavy (non-hydrogen) atoms. The molecule has 13 nitrogen and oxygen atoms in total. The van der Waals surface area contributed by atoms with Crippen molar-refractivity contribution in [1.82, 2.24) is 0 Å². The van der Waals surface area contributed by atoms with E-state index in [-0.39, 0.29) is 46.4 Å². The van der Waals surface area contributed by atoms with Crippen molar-refractivity contribution >= 4 is 45.6 Å².